The largest absolute Gasteiger partial charge is 0.382 e. The third kappa shape index (κ3) is 2.90. The molecule has 0 aliphatic carbocycles. The van der Waals surface area contributed by atoms with Gasteiger partial charge in [0.2, 0.25) is 0 Å². The van der Waals surface area contributed by atoms with Crippen LogP contribution >= 0.6 is 8.81 Å². The van der Waals surface area contributed by atoms with E-state index in [0.29, 0.717) is 6.61 Å². The van der Waals surface area contributed by atoms with E-state index in [9.17, 15) is 5.11 Å². The lowest BCUT2D eigenvalue weighted by atomic mass is 10.2. The van der Waals surface area contributed by atoms with Gasteiger partial charge in [-0.1, -0.05) is 30.3 Å². The molecule has 0 saturated heterocycles. The standard InChI is InChI=1S/C9H13O2P/c1-2-11-12-9(10)8-6-4-3-5-7-8/h3-7,9-10,12H,2H2,1H3. The minimum Gasteiger partial charge on any atom is -0.382 e. The molecule has 1 N–H and O–H groups in total. The van der Waals surface area contributed by atoms with Gasteiger partial charge in [0.25, 0.3) is 0 Å². The van der Waals surface area contributed by atoms with E-state index in [4.69, 9.17) is 4.52 Å². The van der Waals surface area contributed by atoms with Crippen LogP contribution in [0.1, 0.15) is 18.3 Å². The van der Waals surface area contributed by atoms with E-state index in [1.807, 2.05) is 37.3 Å². The molecule has 2 nitrogen and oxygen atoms in total. The summed E-state index contributed by atoms with van der Waals surface area (Å²) in [5.41, 5.74) is 0.921. The van der Waals surface area contributed by atoms with Gasteiger partial charge < -0.3 is 9.63 Å². The van der Waals surface area contributed by atoms with Crippen molar-refractivity contribution in [3.8, 4) is 0 Å². The minimum absolute atomic E-state index is 0.139. The summed E-state index contributed by atoms with van der Waals surface area (Å²) in [6.07, 6.45) is 0. The topological polar surface area (TPSA) is 29.5 Å². The minimum atomic E-state index is -0.467. The van der Waals surface area contributed by atoms with Crippen molar-refractivity contribution in [1.29, 1.82) is 0 Å². The molecule has 0 bridgehead atoms. The molecule has 0 saturated carbocycles. The molecule has 0 aliphatic heterocycles. The molecule has 0 aromatic heterocycles. The summed E-state index contributed by atoms with van der Waals surface area (Å²) in [4.78, 5) is 0. The molecule has 2 atom stereocenters. The normalized spacial score (nSPS) is 13.8. The van der Waals surface area contributed by atoms with Gasteiger partial charge in [-0.15, -0.1) is 0 Å². The summed E-state index contributed by atoms with van der Waals surface area (Å²) < 4.78 is 5.13. The Morgan fingerprint density at radius 2 is 2.08 bits per heavy atom. The van der Waals surface area contributed by atoms with E-state index in [2.05, 4.69) is 0 Å². The maximum atomic E-state index is 9.54. The van der Waals surface area contributed by atoms with E-state index in [1.165, 1.54) is 0 Å². The highest BCUT2D eigenvalue weighted by molar-refractivity contribution is 7.32. The van der Waals surface area contributed by atoms with Gasteiger partial charge in [-0.3, -0.25) is 0 Å². The number of benzene rings is 1. The second-order valence-corrected chi connectivity index (χ2v) is 3.44. The zero-order valence-electron chi connectivity index (χ0n) is 7.03. The summed E-state index contributed by atoms with van der Waals surface area (Å²) in [5.74, 6) is -0.467. The molecule has 0 fully saturated rings. The first kappa shape index (κ1) is 9.66. The van der Waals surface area contributed by atoms with Crippen LogP contribution in [-0.4, -0.2) is 11.7 Å². The van der Waals surface area contributed by atoms with Gasteiger partial charge in [0, 0.05) is 15.4 Å². The van der Waals surface area contributed by atoms with Crippen LogP contribution in [0.5, 0.6) is 0 Å². The summed E-state index contributed by atoms with van der Waals surface area (Å²) in [7, 11) is 0.139. The van der Waals surface area contributed by atoms with Gasteiger partial charge in [-0.2, -0.15) is 0 Å². The average molecular weight is 184 g/mol. The van der Waals surface area contributed by atoms with Crippen molar-refractivity contribution in [2.75, 3.05) is 6.61 Å². The van der Waals surface area contributed by atoms with E-state index >= 15 is 0 Å². The number of rotatable bonds is 4. The number of hydrogen-bond donors (Lipinski definition) is 1. The summed E-state index contributed by atoms with van der Waals surface area (Å²) in [6.45, 7) is 2.58. The van der Waals surface area contributed by atoms with Crippen molar-refractivity contribution in [2.24, 2.45) is 0 Å². The molecule has 0 amide bonds. The first-order valence-electron chi connectivity index (χ1n) is 3.95. The highest BCUT2D eigenvalue weighted by Gasteiger charge is 2.05. The first-order valence-corrected chi connectivity index (χ1v) is 4.93. The molecule has 0 heterocycles. The van der Waals surface area contributed by atoms with Crippen LogP contribution in [0.25, 0.3) is 0 Å². The second kappa shape index (κ2) is 5.26. The molecule has 1 rings (SSSR count). The van der Waals surface area contributed by atoms with Crippen molar-refractivity contribution >= 4 is 8.81 Å². The Kier molecular flexibility index (Phi) is 4.23. The smallest absolute Gasteiger partial charge is 0.120 e. The van der Waals surface area contributed by atoms with Crippen LogP contribution in [0.4, 0.5) is 0 Å². The van der Waals surface area contributed by atoms with Crippen molar-refractivity contribution in [2.45, 2.75) is 12.8 Å². The quantitative estimate of drug-likeness (QED) is 0.727. The molecule has 3 heteroatoms. The molecule has 0 radical (unpaired) electrons. The number of hydrogen-bond acceptors (Lipinski definition) is 2. The van der Waals surface area contributed by atoms with Crippen molar-refractivity contribution in [3.63, 3.8) is 0 Å². The Labute approximate surface area is 74.4 Å². The second-order valence-electron chi connectivity index (χ2n) is 2.36. The monoisotopic (exact) mass is 184 g/mol. The Hall–Kier alpha value is -0.430. The fourth-order valence-corrected chi connectivity index (χ4v) is 1.52. The Balaban J connectivity index is 2.48. The first-order chi connectivity index (χ1) is 5.84. The SMILES string of the molecule is CCOPC(O)c1ccccc1. The number of aliphatic hydroxyl groups is 1. The maximum Gasteiger partial charge on any atom is 0.120 e. The molecule has 1 aromatic rings. The molecule has 1 aromatic carbocycles. The Bertz CT molecular complexity index is 213. The molecule has 2 unspecified atom stereocenters. The van der Waals surface area contributed by atoms with Gasteiger partial charge in [-0.05, 0) is 12.5 Å². The van der Waals surface area contributed by atoms with Crippen LogP contribution in [0.2, 0.25) is 0 Å². The fourth-order valence-electron chi connectivity index (χ4n) is 0.866. The fraction of sp³-hybridized carbons (Fsp3) is 0.333. The van der Waals surface area contributed by atoms with Crippen LogP contribution in [0.15, 0.2) is 30.3 Å². The Morgan fingerprint density at radius 3 is 2.67 bits per heavy atom. The third-order valence-electron chi connectivity index (χ3n) is 1.45. The molecule has 66 valence electrons. The number of aliphatic hydroxyl groups excluding tert-OH is 1. The van der Waals surface area contributed by atoms with Crippen molar-refractivity contribution in [1.82, 2.24) is 0 Å². The molecule has 0 aliphatic rings. The zero-order valence-corrected chi connectivity index (χ0v) is 8.03. The lowest BCUT2D eigenvalue weighted by Gasteiger charge is -2.09. The lowest BCUT2D eigenvalue weighted by Crippen LogP contribution is -1.90. The van der Waals surface area contributed by atoms with Crippen LogP contribution < -0.4 is 0 Å². The predicted molar refractivity (Wildman–Crippen MR) is 51.3 cm³/mol. The van der Waals surface area contributed by atoms with E-state index in [-0.39, 0.29) is 8.81 Å². The van der Waals surface area contributed by atoms with Gasteiger partial charge in [-0.25, -0.2) is 0 Å². The maximum absolute atomic E-state index is 9.54. The van der Waals surface area contributed by atoms with Crippen LogP contribution in [-0.2, 0) is 4.52 Å². The molecular weight excluding hydrogens is 171 g/mol. The molecule has 0 spiro atoms. The third-order valence-corrected chi connectivity index (χ3v) is 2.47. The van der Waals surface area contributed by atoms with Gasteiger partial charge in [0.1, 0.15) is 5.85 Å². The zero-order chi connectivity index (χ0) is 8.81. The van der Waals surface area contributed by atoms with E-state index in [0.717, 1.165) is 5.56 Å². The Morgan fingerprint density at radius 1 is 1.42 bits per heavy atom. The lowest BCUT2D eigenvalue weighted by molar-refractivity contribution is 0.244. The van der Waals surface area contributed by atoms with E-state index < -0.39 is 5.85 Å². The highest BCUT2D eigenvalue weighted by atomic mass is 31.1. The van der Waals surface area contributed by atoms with Crippen molar-refractivity contribution < 1.29 is 9.63 Å². The predicted octanol–water partition coefficient (Wildman–Crippen LogP) is 2.31. The van der Waals surface area contributed by atoms with Gasteiger partial charge in [0.05, 0.1) is 0 Å². The van der Waals surface area contributed by atoms with E-state index in [1.54, 1.807) is 0 Å². The average Bonchev–Trinajstić information content (AvgIpc) is 2.15. The summed E-state index contributed by atoms with van der Waals surface area (Å²) >= 11 is 0. The highest BCUT2D eigenvalue weighted by Crippen LogP contribution is 2.31. The van der Waals surface area contributed by atoms with Gasteiger partial charge in [0.15, 0.2) is 0 Å². The van der Waals surface area contributed by atoms with Crippen molar-refractivity contribution in [3.05, 3.63) is 35.9 Å². The summed E-state index contributed by atoms with van der Waals surface area (Å²) in [5, 5.41) is 9.54. The summed E-state index contributed by atoms with van der Waals surface area (Å²) in [6, 6.07) is 9.55. The molecular formula is C9H13O2P. The molecule has 12 heavy (non-hydrogen) atoms. The van der Waals surface area contributed by atoms with Crippen LogP contribution in [0, 0.1) is 0 Å². The van der Waals surface area contributed by atoms with Crippen LogP contribution in [0.3, 0.4) is 0 Å². The van der Waals surface area contributed by atoms with Gasteiger partial charge >= 0.3 is 0 Å².